The van der Waals surface area contributed by atoms with Crippen LogP contribution in [0, 0.1) is 0 Å². The van der Waals surface area contributed by atoms with E-state index in [2.05, 4.69) is 38.3 Å². The van der Waals surface area contributed by atoms with Crippen LogP contribution in [-0.4, -0.2) is 25.3 Å². The molecule has 142 valence electrons. The Morgan fingerprint density at radius 2 is 1.00 bits per heavy atom. The normalized spacial score (nSPS) is 12.9. The first-order valence-corrected chi connectivity index (χ1v) is 9.59. The Balaban J connectivity index is 1.70. The Morgan fingerprint density at radius 1 is 0.654 bits per heavy atom. The van der Waals surface area contributed by atoms with Gasteiger partial charge in [0.25, 0.3) is 0 Å². The molecule has 4 nitrogen and oxygen atoms in total. The molecule has 0 heterocycles. The van der Waals surface area contributed by atoms with Gasteiger partial charge in [-0.3, -0.25) is 0 Å². The van der Waals surface area contributed by atoms with E-state index in [0.717, 1.165) is 35.7 Å². The quantitative estimate of drug-likeness (QED) is 0.517. The van der Waals surface area contributed by atoms with Gasteiger partial charge in [0.1, 0.15) is 24.7 Å². The van der Waals surface area contributed by atoms with Gasteiger partial charge in [-0.2, -0.15) is 0 Å². The smallest absolute Gasteiger partial charge is 0.122 e. The summed E-state index contributed by atoms with van der Waals surface area (Å²) in [6, 6.07) is 17.1. The molecule has 0 radical (unpaired) electrons. The zero-order valence-corrected chi connectivity index (χ0v) is 16.4. The minimum atomic E-state index is 0.474. The van der Waals surface area contributed by atoms with Crippen LogP contribution in [-0.2, 0) is 0 Å². The third-order valence-corrected chi connectivity index (χ3v) is 4.38. The summed E-state index contributed by atoms with van der Waals surface area (Å²) >= 11 is 0. The maximum atomic E-state index is 5.74. The largest absolute Gasteiger partial charge is 0.490 e. The van der Waals surface area contributed by atoms with Gasteiger partial charge in [0, 0.05) is 23.5 Å². The van der Waals surface area contributed by atoms with Crippen LogP contribution < -0.4 is 20.1 Å². The van der Waals surface area contributed by atoms with Gasteiger partial charge in [0.05, 0.1) is 0 Å². The van der Waals surface area contributed by atoms with E-state index >= 15 is 0 Å². The van der Waals surface area contributed by atoms with Crippen molar-refractivity contribution in [3.8, 4) is 11.5 Å². The lowest BCUT2D eigenvalue weighted by Crippen LogP contribution is -2.13. The Hall–Kier alpha value is -2.36. The van der Waals surface area contributed by atoms with Crippen LogP contribution in [0.3, 0.4) is 0 Å². The van der Waals surface area contributed by atoms with Gasteiger partial charge in [0.15, 0.2) is 0 Å². The maximum absolute atomic E-state index is 5.74. The molecule has 0 saturated carbocycles. The van der Waals surface area contributed by atoms with Crippen molar-refractivity contribution >= 4 is 11.4 Å². The second-order valence-electron chi connectivity index (χ2n) is 6.65. The van der Waals surface area contributed by atoms with Gasteiger partial charge in [-0.1, -0.05) is 13.8 Å². The van der Waals surface area contributed by atoms with Gasteiger partial charge in [-0.25, -0.2) is 0 Å². The third kappa shape index (κ3) is 6.87. The lowest BCUT2D eigenvalue weighted by Gasteiger charge is -2.14. The zero-order chi connectivity index (χ0) is 18.8. The van der Waals surface area contributed by atoms with Crippen LogP contribution in [0.2, 0.25) is 0 Å². The van der Waals surface area contributed by atoms with E-state index < -0.39 is 0 Å². The molecule has 2 rings (SSSR count). The predicted molar refractivity (Wildman–Crippen MR) is 111 cm³/mol. The summed E-state index contributed by atoms with van der Waals surface area (Å²) in [4.78, 5) is 0. The number of nitrogens with one attached hydrogen (secondary N) is 2. The molecule has 26 heavy (non-hydrogen) atoms. The van der Waals surface area contributed by atoms with Gasteiger partial charge < -0.3 is 20.1 Å². The molecule has 0 aliphatic carbocycles. The first-order chi connectivity index (χ1) is 12.6. The van der Waals surface area contributed by atoms with E-state index in [1.54, 1.807) is 0 Å². The molecule has 0 saturated heterocycles. The van der Waals surface area contributed by atoms with Crippen molar-refractivity contribution in [2.24, 2.45) is 0 Å². The molecule has 0 bridgehead atoms. The van der Waals surface area contributed by atoms with E-state index in [4.69, 9.17) is 9.47 Å². The molecule has 2 aromatic rings. The minimum absolute atomic E-state index is 0.474. The highest BCUT2D eigenvalue weighted by Gasteiger charge is 2.01. The van der Waals surface area contributed by atoms with Crippen molar-refractivity contribution in [3.63, 3.8) is 0 Å². The number of rotatable bonds is 11. The van der Waals surface area contributed by atoms with Crippen molar-refractivity contribution in [3.05, 3.63) is 48.5 Å². The fourth-order valence-corrected chi connectivity index (χ4v) is 2.39. The molecule has 2 atom stereocenters. The van der Waals surface area contributed by atoms with Crippen molar-refractivity contribution in [1.29, 1.82) is 0 Å². The Bertz CT molecular complexity index is 568. The molecule has 2 aromatic carbocycles. The summed E-state index contributed by atoms with van der Waals surface area (Å²) < 4.78 is 11.5. The van der Waals surface area contributed by atoms with Crippen LogP contribution in [0.25, 0.3) is 0 Å². The monoisotopic (exact) mass is 356 g/mol. The molecule has 0 aliphatic heterocycles. The fourth-order valence-electron chi connectivity index (χ4n) is 2.39. The average molecular weight is 357 g/mol. The number of benzene rings is 2. The summed E-state index contributed by atoms with van der Waals surface area (Å²) in [5.41, 5.74) is 2.24. The second-order valence-corrected chi connectivity index (χ2v) is 6.65. The summed E-state index contributed by atoms with van der Waals surface area (Å²) in [6.45, 7) is 9.73. The highest BCUT2D eigenvalue weighted by molar-refractivity contribution is 5.47. The van der Waals surface area contributed by atoms with E-state index in [1.807, 2.05) is 48.5 Å². The van der Waals surface area contributed by atoms with Crippen molar-refractivity contribution in [2.45, 2.75) is 52.6 Å². The molecule has 2 unspecified atom stereocenters. The van der Waals surface area contributed by atoms with Gasteiger partial charge in [0.2, 0.25) is 0 Å². The van der Waals surface area contributed by atoms with Crippen LogP contribution in [0.5, 0.6) is 11.5 Å². The number of hydrogen-bond donors (Lipinski definition) is 2. The topological polar surface area (TPSA) is 42.5 Å². The molecular weight excluding hydrogens is 324 g/mol. The van der Waals surface area contributed by atoms with Crippen molar-refractivity contribution in [2.75, 3.05) is 23.8 Å². The maximum Gasteiger partial charge on any atom is 0.122 e. The highest BCUT2D eigenvalue weighted by Crippen LogP contribution is 2.18. The SMILES string of the molecule is CCC(C)Nc1ccc(OCCOc2ccc(NC(C)CC)cc2)cc1. The van der Waals surface area contributed by atoms with Crippen molar-refractivity contribution in [1.82, 2.24) is 0 Å². The third-order valence-electron chi connectivity index (χ3n) is 4.38. The number of ether oxygens (including phenoxy) is 2. The Morgan fingerprint density at radius 3 is 1.31 bits per heavy atom. The van der Waals surface area contributed by atoms with Crippen LogP contribution in [0.4, 0.5) is 11.4 Å². The molecular formula is C22H32N2O2. The van der Waals surface area contributed by atoms with Crippen LogP contribution in [0.15, 0.2) is 48.5 Å². The lowest BCUT2D eigenvalue weighted by atomic mass is 10.2. The first-order valence-electron chi connectivity index (χ1n) is 9.59. The Labute approximate surface area is 157 Å². The van der Waals surface area contributed by atoms with Crippen LogP contribution >= 0.6 is 0 Å². The summed E-state index contributed by atoms with van der Waals surface area (Å²) in [6.07, 6.45) is 2.20. The highest BCUT2D eigenvalue weighted by atomic mass is 16.5. The fraction of sp³-hybridized carbons (Fsp3) is 0.455. The molecule has 2 N–H and O–H groups in total. The average Bonchev–Trinajstić information content (AvgIpc) is 2.67. The van der Waals surface area contributed by atoms with E-state index in [1.165, 1.54) is 0 Å². The van der Waals surface area contributed by atoms with Gasteiger partial charge in [-0.15, -0.1) is 0 Å². The molecule has 0 spiro atoms. The molecule has 0 aliphatic rings. The van der Waals surface area contributed by atoms with E-state index in [9.17, 15) is 0 Å². The first kappa shape index (κ1) is 20.0. The lowest BCUT2D eigenvalue weighted by molar-refractivity contribution is 0.217. The van der Waals surface area contributed by atoms with E-state index in [-0.39, 0.29) is 0 Å². The summed E-state index contributed by atoms with van der Waals surface area (Å²) in [5.74, 6) is 1.72. The number of hydrogen-bond acceptors (Lipinski definition) is 4. The zero-order valence-electron chi connectivity index (χ0n) is 16.4. The van der Waals surface area contributed by atoms with Gasteiger partial charge in [-0.05, 0) is 75.2 Å². The molecule has 0 amide bonds. The number of anilines is 2. The van der Waals surface area contributed by atoms with E-state index in [0.29, 0.717) is 25.3 Å². The summed E-state index contributed by atoms with van der Waals surface area (Å²) in [7, 11) is 0. The minimum Gasteiger partial charge on any atom is -0.490 e. The summed E-state index contributed by atoms with van der Waals surface area (Å²) in [5, 5.41) is 6.88. The molecule has 0 fully saturated rings. The molecule has 4 heteroatoms. The predicted octanol–water partition coefficient (Wildman–Crippen LogP) is 5.57. The standard InChI is InChI=1S/C22H32N2O2/c1-5-17(3)23-19-7-11-21(12-8-19)25-15-16-26-22-13-9-20(10-14-22)24-18(4)6-2/h7-14,17-18,23-24H,5-6,15-16H2,1-4H3. The van der Waals surface area contributed by atoms with Crippen molar-refractivity contribution < 1.29 is 9.47 Å². The van der Waals surface area contributed by atoms with Crippen LogP contribution in [0.1, 0.15) is 40.5 Å². The molecule has 0 aromatic heterocycles. The Kier molecular flexibility index (Phi) is 8.13. The second kappa shape index (κ2) is 10.6. The van der Waals surface area contributed by atoms with Gasteiger partial charge >= 0.3 is 0 Å².